The fourth-order valence-corrected chi connectivity index (χ4v) is 5.84. The van der Waals surface area contributed by atoms with E-state index < -0.39 is 0 Å². The summed E-state index contributed by atoms with van der Waals surface area (Å²) in [7, 11) is 6.01. The minimum absolute atomic E-state index is 0.110. The van der Waals surface area contributed by atoms with Crippen LogP contribution in [0.15, 0.2) is 0 Å². The van der Waals surface area contributed by atoms with E-state index in [1.807, 2.05) is 13.8 Å². The van der Waals surface area contributed by atoms with E-state index in [9.17, 15) is 4.79 Å². The van der Waals surface area contributed by atoms with Crippen LogP contribution in [0.3, 0.4) is 0 Å². The van der Waals surface area contributed by atoms with Gasteiger partial charge in [-0.25, -0.2) is 4.98 Å². The van der Waals surface area contributed by atoms with Crippen molar-refractivity contribution in [3.63, 3.8) is 0 Å². The van der Waals surface area contributed by atoms with Crippen molar-refractivity contribution in [1.29, 1.82) is 0 Å². The first-order valence-corrected chi connectivity index (χ1v) is 11.4. The monoisotopic (exact) mass is 401 g/mol. The zero-order valence-corrected chi connectivity index (χ0v) is 18.2. The largest absolute Gasteiger partial charge is 0.470 e. The Hall–Kier alpha value is -1.08. The summed E-state index contributed by atoms with van der Waals surface area (Å²) in [6, 6.07) is 0.397. The number of fused-ring (bicyclic) bond motifs is 1. The van der Waals surface area contributed by atoms with E-state index in [4.69, 9.17) is 17.6 Å². The Kier molecular flexibility index (Phi) is 5.51. The summed E-state index contributed by atoms with van der Waals surface area (Å²) < 4.78 is 5.81. The van der Waals surface area contributed by atoms with E-state index >= 15 is 0 Å². The van der Waals surface area contributed by atoms with Crippen molar-refractivity contribution >= 4 is 25.1 Å². The van der Waals surface area contributed by atoms with Crippen molar-refractivity contribution in [2.24, 2.45) is 11.3 Å². The molecule has 2 fully saturated rings. The number of hydrogen-bond acceptors (Lipinski definition) is 5. The van der Waals surface area contributed by atoms with Gasteiger partial charge >= 0.3 is 0 Å². The first kappa shape index (κ1) is 20.2. The van der Waals surface area contributed by atoms with Crippen LogP contribution in [0.2, 0.25) is 5.31 Å². The summed E-state index contributed by atoms with van der Waals surface area (Å²) >= 11 is 1.69. The standard InChI is InChI=1S/C21H32BN3O2S/c1-14(26)23-16-4-7-21(8-5-16)10-15(21)11-25-9-6-18-17(12-25)24-19(28-18)27-13-20(2,3)22/h15-16H,4-13H2,1-3H3,(H,23,26)/t15-,16?,21?/m1/s1. The topological polar surface area (TPSA) is 54.5 Å². The van der Waals surface area contributed by atoms with Gasteiger partial charge in [-0.2, -0.15) is 0 Å². The number of rotatable bonds is 6. The maximum atomic E-state index is 11.3. The molecule has 1 amide bonds. The molecule has 1 N–H and O–H groups in total. The minimum Gasteiger partial charge on any atom is -0.470 e. The molecule has 2 heterocycles. The lowest BCUT2D eigenvalue weighted by Gasteiger charge is -2.31. The Labute approximate surface area is 174 Å². The maximum absolute atomic E-state index is 11.3. The van der Waals surface area contributed by atoms with Gasteiger partial charge in [0.25, 0.3) is 5.19 Å². The van der Waals surface area contributed by atoms with E-state index in [2.05, 4.69) is 10.2 Å². The average Bonchev–Trinajstić information content (AvgIpc) is 3.09. The maximum Gasteiger partial charge on any atom is 0.273 e. The molecule has 0 bridgehead atoms. The highest BCUT2D eigenvalue weighted by Gasteiger charge is 2.55. The van der Waals surface area contributed by atoms with E-state index in [0.29, 0.717) is 18.1 Å². The Morgan fingerprint density at radius 1 is 1.43 bits per heavy atom. The van der Waals surface area contributed by atoms with Crippen LogP contribution in [0.1, 0.15) is 63.4 Å². The zero-order valence-electron chi connectivity index (χ0n) is 17.4. The molecular formula is C21H32BN3O2S. The molecule has 2 radical (unpaired) electrons. The molecule has 0 saturated heterocycles. The van der Waals surface area contributed by atoms with Gasteiger partial charge in [0.1, 0.15) is 0 Å². The summed E-state index contributed by atoms with van der Waals surface area (Å²) in [5.74, 6) is 0.929. The first-order valence-electron chi connectivity index (χ1n) is 10.6. The van der Waals surface area contributed by atoms with Crippen LogP contribution in [0, 0.1) is 11.3 Å². The molecule has 2 aliphatic carbocycles. The summed E-state index contributed by atoms with van der Waals surface area (Å²) in [5.41, 5.74) is 1.75. The number of amides is 1. The zero-order chi connectivity index (χ0) is 19.9. The number of thiazole rings is 1. The predicted molar refractivity (Wildman–Crippen MR) is 113 cm³/mol. The van der Waals surface area contributed by atoms with E-state index in [0.717, 1.165) is 43.5 Å². The molecular weight excluding hydrogens is 369 g/mol. The summed E-state index contributed by atoms with van der Waals surface area (Å²) in [4.78, 5) is 20.0. The number of carbonyl (C=O) groups excluding carboxylic acids is 1. The van der Waals surface area contributed by atoms with E-state index in [1.54, 1.807) is 18.3 Å². The minimum atomic E-state index is -0.336. The second kappa shape index (κ2) is 7.64. The van der Waals surface area contributed by atoms with Crippen molar-refractivity contribution in [2.45, 2.75) is 77.2 Å². The number of nitrogens with one attached hydrogen (secondary N) is 1. The summed E-state index contributed by atoms with van der Waals surface area (Å²) in [6.45, 7) is 9.32. The molecule has 1 aromatic rings. The third-order valence-electron chi connectivity index (χ3n) is 6.58. The molecule has 3 aliphatic rings. The van der Waals surface area contributed by atoms with Gasteiger partial charge in [0.15, 0.2) is 0 Å². The van der Waals surface area contributed by atoms with Gasteiger partial charge in [0, 0.05) is 37.5 Å². The van der Waals surface area contributed by atoms with Crippen LogP contribution in [0.25, 0.3) is 0 Å². The highest BCUT2D eigenvalue weighted by Crippen LogP contribution is 2.61. The normalized spacial score (nSPS) is 30.1. The lowest BCUT2D eigenvalue weighted by atomic mass is 9.73. The SMILES string of the molecule is [B]C(C)(C)COc1nc2c(s1)CCN(C[C@H]1CC13CCC(NC(C)=O)CC3)C2. The highest BCUT2D eigenvalue weighted by atomic mass is 32.1. The number of nitrogens with zero attached hydrogens (tertiary/aromatic N) is 2. The van der Waals surface area contributed by atoms with Gasteiger partial charge in [-0.15, -0.1) is 0 Å². The summed E-state index contributed by atoms with van der Waals surface area (Å²) in [5, 5.41) is 3.53. The molecule has 28 heavy (non-hydrogen) atoms. The molecule has 4 rings (SSSR count). The predicted octanol–water partition coefficient (Wildman–Crippen LogP) is 3.33. The quantitative estimate of drug-likeness (QED) is 0.743. The molecule has 1 atom stereocenters. The second-order valence-electron chi connectivity index (χ2n) is 9.85. The van der Waals surface area contributed by atoms with Gasteiger partial charge in [0.2, 0.25) is 5.91 Å². The smallest absolute Gasteiger partial charge is 0.273 e. The van der Waals surface area contributed by atoms with Crippen LogP contribution in [0.5, 0.6) is 5.19 Å². The Morgan fingerprint density at radius 2 is 2.18 bits per heavy atom. The summed E-state index contributed by atoms with van der Waals surface area (Å²) in [6.07, 6.45) is 7.26. The van der Waals surface area contributed by atoms with Crippen LogP contribution < -0.4 is 10.1 Å². The Bertz CT molecular complexity index is 722. The number of aromatic nitrogens is 1. The third kappa shape index (κ3) is 4.73. The molecule has 152 valence electrons. The van der Waals surface area contributed by atoms with Crippen molar-refractivity contribution in [2.75, 3.05) is 19.7 Å². The molecule has 0 unspecified atom stereocenters. The Morgan fingerprint density at radius 3 is 2.86 bits per heavy atom. The van der Waals surface area contributed by atoms with Gasteiger partial charge in [0.05, 0.1) is 20.1 Å². The van der Waals surface area contributed by atoms with Crippen LogP contribution in [-0.4, -0.2) is 49.4 Å². The molecule has 2 saturated carbocycles. The molecule has 7 heteroatoms. The van der Waals surface area contributed by atoms with Crippen LogP contribution in [0.4, 0.5) is 0 Å². The number of hydrogen-bond donors (Lipinski definition) is 1. The second-order valence-corrected chi connectivity index (χ2v) is 10.9. The van der Waals surface area contributed by atoms with Crippen LogP contribution >= 0.6 is 11.3 Å². The van der Waals surface area contributed by atoms with E-state index in [-0.39, 0.29) is 11.2 Å². The van der Waals surface area contributed by atoms with Gasteiger partial charge < -0.3 is 10.1 Å². The van der Waals surface area contributed by atoms with Crippen LogP contribution in [-0.2, 0) is 17.8 Å². The fraction of sp³-hybridized carbons (Fsp3) is 0.810. The highest BCUT2D eigenvalue weighted by molar-refractivity contribution is 7.13. The van der Waals surface area contributed by atoms with Crippen molar-refractivity contribution in [1.82, 2.24) is 15.2 Å². The number of carbonyl (C=O) groups is 1. The average molecular weight is 401 g/mol. The van der Waals surface area contributed by atoms with Crippen molar-refractivity contribution in [3.8, 4) is 5.19 Å². The Balaban J connectivity index is 1.26. The molecule has 1 aromatic heterocycles. The molecule has 0 aromatic carbocycles. The third-order valence-corrected chi connectivity index (χ3v) is 7.65. The molecule has 5 nitrogen and oxygen atoms in total. The molecule has 1 aliphatic heterocycles. The fourth-order valence-electron chi connectivity index (χ4n) is 4.93. The first-order chi connectivity index (χ1) is 13.2. The lowest BCUT2D eigenvalue weighted by molar-refractivity contribution is -0.119. The lowest BCUT2D eigenvalue weighted by Crippen LogP contribution is -2.38. The van der Waals surface area contributed by atoms with Gasteiger partial charge in [-0.3, -0.25) is 9.69 Å². The molecule has 1 spiro atoms. The van der Waals surface area contributed by atoms with Crippen molar-refractivity contribution in [3.05, 3.63) is 10.6 Å². The number of ether oxygens (including phenoxy) is 1. The van der Waals surface area contributed by atoms with Crippen molar-refractivity contribution < 1.29 is 9.53 Å². The van der Waals surface area contributed by atoms with Gasteiger partial charge in [-0.1, -0.05) is 25.2 Å². The van der Waals surface area contributed by atoms with E-state index in [1.165, 1.54) is 36.4 Å². The van der Waals surface area contributed by atoms with Gasteiger partial charge in [-0.05, 0) is 55.2 Å².